The van der Waals surface area contributed by atoms with Crippen molar-refractivity contribution in [3.63, 3.8) is 0 Å². The highest BCUT2D eigenvalue weighted by Gasteiger charge is 2.12. The predicted molar refractivity (Wildman–Crippen MR) is 84.9 cm³/mol. The van der Waals surface area contributed by atoms with Gasteiger partial charge in [-0.2, -0.15) is 0 Å². The summed E-state index contributed by atoms with van der Waals surface area (Å²) in [7, 11) is 2.92. The second-order valence-electron chi connectivity index (χ2n) is 4.63. The third-order valence-corrected chi connectivity index (χ3v) is 3.23. The lowest BCUT2D eigenvalue weighted by atomic mass is 10.2. The number of pyridine rings is 1. The number of ether oxygens (including phenoxy) is 2. The van der Waals surface area contributed by atoms with E-state index in [1.165, 1.54) is 13.4 Å². The highest BCUT2D eigenvalue weighted by atomic mass is 16.5. The number of esters is 1. The largest absolute Gasteiger partial charge is 0.497 e. The summed E-state index contributed by atoms with van der Waals surface area (Å²) in [6, 6.07) is 10.7. The van der Waals surface area contributed by atoms with Crippen molar-refractivity contribution in [2.24, 2.45) is 0 Å². The SMILES string of the molecule is COC(=O)c1ccc2ncnc(Nc3ccc(OC)cc3)c2n1. The zero-order valence-corrected chi connectivity index (χ0v) is 12.6. The standard InChI is InChI=1S/C16H14N4O3/c1-22-11-5-3-10(4-6-11)19-15-14-12(17-9-18-15)7-8-13(20-14)16(21)23-2/h3-9H,1-2H3,(H,17,18,19). The molecule has 3 rings (SSSR count). The lowest BCUT2D eigenvalue weighted by molar-refractivity contribution is 0.0594. The van der Waals surface area contributed by atoms with E-state index in [2.05, 4.69) is 20.3 Å². The third-order valence-electron chi connectivity index (χ3n) is 3.23. The molecule has 0 aliphatic carbocycles. The van der Waals surface area contributed by atoms with Gasteiger partial charge in [-0.1, -0.05) is 0 Å². The third kappa shape index (κ3) is 3.03. The van der Waals surface area contributed by atoms with E-state index in [1.807, 2.05) is 24.3 Å². The fourth-order valence-electron chi connectivity index (χ4n) is 2.06. The van der Waals surface area contributed by atoms with E-state index in [4.69, 9.17) is 9.47 Å². The Morgan fingerprint density at radius 1 is 1.04 bits per heavy atom. The van der Waals surface area contributed by atoms with E-state index in [0.29, 0.717) is 16.9 Å². The van der Waals surface area contributed by atoms with Gasteiger partial charge >= 0.3 is 5.97 Å². The molecular weight excluding hydrogens is 296 g/mol. The number of anilines is 2. The summed E-state index contributed by atoms with van der Waals surface area (Å²) in [5, 5.41) is 3.16. The van der Waals surface area contributed by atoms with Crippen molar-refractivity contribution < 1.29 is 14.3 Å². The van der Waals surface area contributed by atoms with Gasteiger partial charge in [0.1, 0.15) is 23.3 Å². The second-order valence-corrected chi connectivity index (χ2v) is 4.63. The van der Waals surface area contributed by atoms with Crippen molar-refractivity contribution in [1.82, 2.24) is 15.0 Å². The van der Waals surface area contributed by atoms with Crippen LogP contribution in [-0.4, -0.2) is 35.1 Å². The van der Waals surface area contributed by atoms with Crippen LogP contribution in [0.1, 0.15) is 10.5 Å². The monoisotopic (exact) mass is 310 g/mol. The first kappa shape index (κ1) is 14.7. The van der Waals surface area contributed by atoms with E-state index < -0.39 is 5.97 Å². The number of carbonyl (C=O) groups is 1. The number of carbonyl (C=O) groups excluding carboxylic acids is 1. The topological polar surface area (TPSA) is 86.2 Å². The van der Waals surface area contributed by atoms with Crippen molar-refractivity contribution in [3.05, 3.63) is 48.4 Å². The average Bonchev–Trinajstić information content (AvgIpc) is 2.61. The van der Waals surface area contributed by atoms with Gasteiger partial charge in [0.2, 0.25) is 0 Å². The summed E-state index contributed by atoms with van der Waals surface area (Å²) < 4.78 is 9.82. The fraction of sp³-hybridized carbons (Fsp3) is 0.125. The average molecular weight is 310 g/mol. The maximum atomic E-state index is 11.6. The number of aromatic nitrogens is 3. The normalized spacial score (nSPS) is 10.3. The maximum absolute atomic E-state index is 11.6. The first-order valence-corrected chi connectivity index (χ1v) is 6.82. The molecule has 0 fully saturated rings. The molecule has 0 bridgehead atoms. The van der Waals surface area contributed by atoms with Gasteiger partial charge in [0.15, 0.2) is 5.82 Å². The molecule has 2 heterocycles. The summed E-state index contributed by atoms with van der Waals surface area (Å²) in [5.74, 6) is 0.756. The van der Waals surface area contributed by atoms with Crippen LogP contribution < -0.4 is 10.1 Å². The molecule has 0 amide bonds. The van der Waals surface area contributed by atoms with Gasteiger partial charge < -0.3 is 14.8 Å². The molecule has 2 aromatic heterocycles. The highest BCUT2D eigenvalue weighted by Crippen LogP contribution is 2.23. The van der Waals surface area contributed by atoms with Crippen molar-refractivity contribution >= 4 is 28.5 Å². The zero-order chi connectivity index (χ0) is 16.2. The van der Waals surface area contributed by atoms with Crippen LogP contribution >= 0.6 is 0 Å². The first-order valence-electron chi connectivity index (χ1n) is 6.82. The molecule has 0 unspecified atom stereocenters. The summed E-state index contributed by atoms with van der Waals surface area (Å²) in [5.41, 5.74) is 2.14. The van der Waals surface area contributed by atoms with E-state index in [-0.39, 0.29) is 5.69 Å². The summed E-state index contributed by atoms with van der Waals surface area (Å²) in [6.07, 6.45) is 1.44. The number of hydrogen-bond acceptors (Lipinski definition) is 7. The van der Waals surface area contributed by atoms with Gasteiger partial charge in [0.25, 0.3) is 0 Å². The van der Waals surface area contributed by atoms with Gasteiger partial charge in [0.05, 0.1) is 19.7 Å². The first-order chi connectivity index (χ1) is 11.2. The molecule has 0 spiro atoms. The Bertz CT molecular complexity index is 850. The number of methoxy groups -OCH3 is 2. The second kappa shape index (κ2) is 6.27. The Kier molecular flexibility index (Phi) is 4.01. The molecule has 1 N–H and O–H groups in total. The Balaban J connectivity index is 2.00. The van der Waals surface area contributed by atoms with Gasteiger partial charge in [-0.3, -0.25) is 0 Å². The molecule has 23 heavy (non-hydrogen) atoms. The molecule has 0 radical (unpaired) electrons. The number of nitrogens with one attached hydrogen (secondary N) is 1. The number of hydrogen-bond donors (Lipinski definition) is 1. The molecular formula is C16H14N4O3. The van der Waals surface area contributed by atoms with Crippen LogP contribution in [0.5, 0.6) is 5.75 Å². The summed E-state index contributed by atoms with van der Waals surface area (Å²) in [4.78, 5) is 24.3. The van der Waals surface area contributed by atoms with Crippen LogP contribution in [0.4, 0.5) is 11.5 Å². The van der Waals surface area contributed by atoms with Crippen LogP contribution in [0.2, 0.25) is 0 Å². The number of nitrogens with zero attached hydrogens (tertiary/aromatic N) is 3. The molecule has 1 aromatic carbocycles. The molecule has 0 aliphatic heterocycles. The lowest BCUT2D eigenvalue weighted by Crippen LogP contribution is -2.05. The Morgan fingerprint density at radius 2 is 1.83 bits per heavy atom. The van der Waals surface area contributed by atoms with Crippen LogP contribution in [0.15, 0.2) is 42.7 Å². The number of fused-ring (bicyclic) bond motifs is 1. The number of benzene rings is 1. The van der Waals surface area contributed by atoms with Gasteiger partial charge in [-0.15, -0.1) is 0 Å². The molecule has 7 nitrogen and oxygen atoms in total. The minimum absolute atomic E-state index is 0.201. The van der Waals surface area contributed by atoms with Crippen LogP contribution in [-0.2, 0) is 4.74 Å². The fourth-order valence-corrected chi connectivity index (χ4v) is 2.06. The minimum Gasteiger partial charge on any atom is -0.497 e. The molecule has 0 saturated carbocycles. The van der Waals surface area contributed by atoms with Crippen molar-refractivity contribution in [2.45, 2.75) is 0 Å². The van der Waals surface area contributed by atoms with Crippen LogP contribution in [0, 0.1) is 0 Å². The van der Waals surface area contributed by atoms with E-state index in [9.17, 15) is 4.79 Å². The smallest absolute Gasteiger partial charge is 0.356 e. The summed E-state index contributed by atoms with van der Waals surface area (Å²) in [6.45, 7) is 0. The Labute approximate surface area is 132 Å². The van der Waals surface area contributed by atoms with Gasteiger partial charge in [0, 0.05) is 5.69 Å². The van der Waals surface area contributed by atoms with E-state index in [1.54, 1.807) is 19.2 Å². The maximum Gasteiger partial charge on any atom is 0.356 e. The molecule has 0 atom stereocenters. The predicted octanol–water partition coefficient (Wildman–Crippen LogP) is 2.56. The molecule has 3 aromatic rings. The van der Waals surface area contributed by atoms with Crippen molar-refractivity contribution in [3.8, 4) is 5.75 Å². The van der Waals surface area contributed by atoms with Gasteiger partial charge in [-0.25, -0.2) is 19.7 Å². The van der Waals surface area contributed by atoms with Crippen molar-refractivity contribution in [2.75, 3.05) is 19.5 Å². The lowest BCUT2D eigenvalue weighted by Gasteiger charge is -2.09. The Morgan fingerprint density at radius 3 is 2.52 bits per heavy atom. The summed E-state index contributed by atoms with van der Waals surface area (Å²) >= 11 is 0. The molecule has 7 heteroatoms. The molecule has 116 valence electrons. The number of rotatable bonds is 4. The zero-order valence-electron chi connectivity index (χ0n) is 12.6. The van der Waals surface area contributed by atoms with E-state index in [0.717, 1.165) is 11.4 Å². The van der Waals surface area contributed by atoms with Crippen LogP contribution in [0.3, 0.4) is 0 Å². The van der Waals surface area contributed by atoms with Gasteiger partial charge in [-0.05, 0) is 36.4 Å². The van der Waals surface area contributed by atoms with Crippen molar-refractivity contribution in [1.29, 1.82) is 0 Å². The quantitative estimate of drug-likeness (QED) is 0.741. The molecule has 0 aliphatic rings. The minimum atomic E-state index is -0.508. The molecule has 0 saturated heterocycles. The van der Waals surface area contributed by atoms with E-state index >= 15 is 0 Å². The highest BCUT2D eigenvalue weighted by molar-refractivity contribution is 5.93. The van der Waals surface area contributed by atoms with Crippen LogP contribution in [0.25, 0.3) is 11.0 Å². The Hall–Kier alpha value is -3.22.